The van der Waals surface area contributed by atoms with Crippen LogP contribution in [0.3, 0.4) is 0 Å². The molecule has 0 spiro atoms. The van der Waals surface area contributed by atoms with Gasteiger partial charge in [-0.25, -0.2) is 26.7 Å². The predicted octanol–water partition coefficient (Wildman–Crippen LogP) is 0.322. The highest BCUT2D eigenvalue weighted by Gasteiger charge is 2.24. The van der Waals surface area contributed by atoms with Crippen molar-refractivity contribution >= 4 is 16.0 Å². The molecule has 19 heavy (non-hydrogen) atoms. The lowest BCUT2D eigenvalue weighted by Gasteiger charge is -2.10. The van der Waals surface area contributed by atoms with Crippen molar-refractivity contribution < 1.29 is 32.2 Å². The first-order valence-corrected chi connectivity index (χ1v) is 6.53. The molecule has 0 fully saturated rings. The largest absolute Gasteiger partial charge is 0.478 e. The molecule has 1 atom stereocenters. The van der Waals surface area contributed by atoms with Crippen LogP contribution in [0.15, 0.2) is 17.0 Å². The lowest BCUT2D eigenvalue weighted by molar-refractivity contribution is 0.0696. The molecule has 106 valence electrons. The second-order valence-corrected chi connectivity index (χ2v) is 5.51. The van der Waals surface area contributed by atoms with Crippen molar-refractivity contribution in [1.82, 2.24) is 4.72 Å². The summed E-state index contributed by atoms with van der Waals surface area (Å²) in [4.78, 5) is 9.55. The van der Waals surface area contributed by atoms with Crippen LogP contribution in [0.2, 0.25) is 0 Å². The number of carboxylic acid groups (broad SMARTS) is 1. The van der Waals surface area contributed by atoms with Gasteiger partial charge in [-0.1, -0.05) is 0 Å². The van der Waals surface area contributed by atoms with Crippen molar-refractivity contribution in [3.8, 4) is 0 Å². The third kappa shape index (κ3) is 3.69. The van der Waals surface area contributed by atoms with Gasteiger partial charge < -0.3 is 10.2 Å². The molecule has 0 aliphatic carbocycles. The number of halogens is 2. The minimum atomic E-state index is -4.45. The van der Waals surface area contributed by atoms with E-state index in [9.17, 15) is 22.0 Å². The van der Waals surface area contributed by atoms with E-state index >= 15 is 0 Å². The minimum Gasteiger partial charge on any atom is -0.478 e. The van der Waals surface area contributed by atoms with Gasteiger partial charge in [-0.2, -0.15) is 0 Å². The normalized spacial score (nSPS) is 13.3. The van der Waals surface area contributed by atoms with E-state index in [0.29, 0.717) is 12.1 Å². The van der Waals surface area contributed by atoms with Crippen molar-refractivity contribution in [3.05, 3.63) is 29.3 Å². The zero-order valence-corrected chi connectivity index (χ0v) is 10.5. The Kier molecular flexibility index (Phi) is 4.56. The van der Waals surface area contributed by atoms with Gasteiger partial charge in [0.05, 0.1) is 11.7 Å². The molecule has 6 nitrogen and oxygen atoms in total. The van der Waals surface area contributed by atoms with Crippen LogP contribution in [0.25, 0.3) is 0 Å². The van der Waals surface area contributed by atoms with E-state index in [-0.39, 0.29) is 0 Å². The molecule has 3 N–H and O–H groups in total. The molecule has 0 aliphatic heterocycles. The molecule has 0 bridgehead atoms. The average molecular weight is 295 g/mol. The lowest BCUT2D eigenvalue weighted by atomic mass is 10.2. The Balaban J connectivity index is 3.29. The maximum atomic E-state index is 13.4. The number of nitrogens with one attached hydrogen (secondary N) is 1. The van der Waals surface area contributed by atoms with E-state index in [2.05, 4.69) is 0 Å². The number of benzene rings is 1. The first-order valence-electron chi connectivity index (χ1n) is 5.05. The van der Waals surface area contributed by atoms with E-state index in [0.717, 1.165) is 0 Å². The van der Waals surface area contributed by atoms with Gasteiger partial charge in [-0.15, -0.1) is 0 Å². The molecule has 0 aliphatic rings. The Morgan fingerprint density at radius 1 is 1.42 bits per heavy atom. The molecule has 1 rings (SSSR count). The number of rotatable bonds is 5. The van der Waals surface area contributed by atoms with Gasteiger partial charge in [0.1, 0.15) is 4.90 Å². The van der Waals surface area contributed by atoms with Crippen LogP contribution < -0.4 is 4.72 Å². The molecular formula is C10H11F2NO5S. The number of hydrogen-bond acceptors (Lipinski definition) is 4. The van der Waals surface area contributed by atoms with Gasteiger partial charge in [0.2, 0.25) is 10.0 Å². The zero-order chi connectivity index (χ0) is 14.8. The molecule has 1 aromatic rings. The highest BCUT2D eigenvalue weighted by atomic mass is 32.2. The first kappa shape index (κ1) is 15.5. The summed E-state index contributed by atoms with van der Waals surface area (Å²) >= 11 is 0. The summed E-state index contributed by atoms with van der Waals surface area (Å²) in [6, 6.07) is 0.885. The smallest absolute Gasteiger partial charge is 0.335 e. The molecule has 0 heterocycles. The number of aromatic carboxylic acids is 1. The van der Waals surface area contributed by atoms with Crippen molar-refractivity contribution in [2.24, 2.45) is 0 Å². The Morgan fingerprint density at radius 2 is 2.00 bits per heavy atom. The molecule has 0 radical (unpaired) electrons. The Morgan fingerprint density at radius 3 is 2.47 bits per heavy atom. The maximum Gasteiger partial charge on any atom is 0.335 e. The fourth-order valence-electron chi connectivity index (χ4n) is 1.19. The maximum absolute atomic E-state index is 13.4. The summed E-state index contributed by atoms with van der Waals surface area (Å²) in [6.07, 6.45) is -1.04. The number of carboxylic acids is 1. The van der Waals surface area contributed by atoms with E-state index in [1.165, 1.54) is 6.92 Å². The summed E-state index contributed by atoms with van der Waals surface area (Å²) < 4.78 is 51.7. The van der Waals surface area contributed by atoms with Crippen molar-refractivity contribution in [2.45, 2.75) is 17.9 Å². The third-order valence-electron chi connectivity index (χ3n) is 2.10. The van der Waals surface area contributed by atoms with Gasteiger partial charge in [0.25, 0.3) is 0 Å². The van der Waals surface area contributed by atoms with Crippen molar-refractivity contribution in [1.29, 1.82) is 0 Å². The second kappa shape index (κ2) is 5.59. The zero-order valence-electron chi connectivity index (χ0n) is 9.72. The average Bonchev–Trinajstić information content (AvgIpc) is 2.29. The first-order chi connectivity index (χ1) is 8.65. The van der Waals surface area contributed by atoms with E-state index in [1.807, 2.05) is 4.72 Å². The Labute approximate surface area is 107 Å². The van der Waals surface area contributed by atoms with Gasteiger partial charge in [-0.05, 0) is 19.1 Å². The van der Waals surface area contributed by atoms with Crippen LogP contribution in [0, 0.1) is 11.6 Å². The van der Waals surface area contributed by atoms with Crippen LogP contribution in [-0.4, -0.2) is 37.2 Å². The molecule has 0 aromatic heterocycles. The highest BCUT2D eigenvalue weighted by molar-refractivity contribution is 7.89. The van der Waals surface area contributed by atoms with Crippen LogP contribution in [0.1, 0.15) is 17.3 Å². The van der Waals surface area contributed by atoms with E-state index < -0.39 is 50.7 Å². The van der Waals surface area contributed by atoms with Crippen LogP contribution >= 0.6 is 0 Å². The fraction of sp³-hybridized carbons (Fsp3) is 0.300. The van der Waals surface area contributed by atoms with Gasteiger partial charge in [0, 0.05) is 6.54 Å². The second-order valence-electron chi connectivity index (χ2n) is 3.78. The van der Waals surface area contributed by atoms with Crippen LogP contribution in [-0.2, 0) is 10.0 Å². The number of aliphatic hydroxyl groups is 1. The van der Waals surface area contributed by atoms with Crippen LogP contribution in [0.4, 0.5) is 8.78 Å². The molecule has 0 unspecified atom stereocenters. The summed E-state index contributed by atoms with van der Waals surface area (Å²) in [6.45, 7) is 0.869. The van der Waals surface area contributed by atoms with Gasteiger partial charge in [0.15, 0.2) is 11.6 Å². The highest BCUT2D eigenvalue weighted by Crippen LogP contribution is 2.19. The molecule has 9 heteroatoms. The standard InChI is InChI=1S/C10H11F2NO5S/c1-5(14)4-13-19(17,18)8-3-6(10(15)16)2-7(11)9(8)12/h2-3,5,13-14H,4H2,1H3,(H,15,16)/t5-/m1/s1. The molecule has 0 saturated carbocycles. The predicted molar refractivity (Wildman–Crippen MR) is 60.2 cm³/mol. The Hall–Kier alpha value is -1.58. The third-order valence-corrected chi connectivity index (χ3v) is 3.52. The quantitative estimate of drug-likeness (QED) is 0.726. The van der Waals surface area contributed by atoms with Crippen LogP contribution in [0.5, 0.6) is 0 Å². The summed E-state index contributed by atoms with van der Waals surface area (Å²) in [5.74, 6) is -4.86. The summed E-state index contributed by atoms with van der Waals surface area (Å²) in [5.41, 5.74) is -0.698. The fourth-order valence-corrected chi connectivity index (χ4v) is 2.42. The van der Waals surface area contributed by atoms with Crippen molar-refractivity contribution in [2.75, 3.05) is 6.54 Å². The minimum absolute atomic E-state index is 0.380. The number of carbonyl (C=O) groups is 1. The number of aliphatic hydroxyl groups excluding tert-OH is 1. The molecule has 0 amide bonds. The molecular weight excluding hydrogens is 284 g/mol. The van der Waals surface area contributed by atoms with Crippen molar-refractivity contribution in [3.63, 3.8) is 0 Å². The van der Waals surface area contributed by atoms with E-state index in [4.69, 9.17) is 10.2 Å². The lowest BCUT2D eigenvalue weighted by Crippen LogP contribution is -2.31. The summed E-state index contributed by atoms with van der Waals surface area (Å²) in [7, 11) is -4.45. The monoisotopic (exact) mass is 295 g/mol. The SMILES string of the molecule is C[C@@H](O)CNS(=O)(=O)c1cc(C(=O)O)cc(F)c1F. The Bertz CT molecular complexity index is 600. The summed E-state index contributed by atoms with van der Waals surface area (Å²) in [5, 5.41) is 17.6. The number of sulfonamides is 1. The van der Waals surface area contributed by atoms with Gasteiger partial charge >= 0.3 is 5.97 Å². The van der Waals surface area contributed by atoms with Gasteiger partial charge in [-0.3, -0.25) is 0 Å². The van der Waals surface area contributed by atoms with E-state index in [1.54, 1.807) is 0 Å². The topological polar surface area (TPSA) is 104 Å². The number of hydrogen-bond donors (Lipinski definition) is 3. The molecule has 0 saturated heterocycles. The molecule has 1 aromatic carbocycles.